The fraction of sp³-hybridized carbons (Fsp3) is 0.316. The maximum Gasteiger partial charge on any atom is 0.271 e. The Balaban J connectivity index is 1.66. The second-order valence-corrected chi connectivity index (χ2v) is 6.19. The summed E-state index contributed by atoms with van der Waals surface area (Å²) in [5.74, 6) is 0.417. The van der Waals surface area contributed by atoms with Crippen LogP contribution in [0.5, 0.6) is 5.75 Å². The van der Waals surface area contributed by atoms with E-state index in [0.29, 0.717) is 5.69 Å². The van der Waals surface area contributed by atoms with Gasteiger partial charge in [-0.3, -0.25) is 14.9 Å². The first kappa shape index (κ1) is 17.0. The molecule has 1 aliphatic carbocycles. The van der Waals surface area contributed by atoms with Gasteiger partial charge in [0.1, 0.15) is 5.75 Å². The molecule has 0 unspecified atom stereocenters. The summed E-state index contributed by atoms with van der Waals surface area (Å²) in [5, 5.41) is 13.6. The lowest BCUT2D eigenvalue weighted by atomic mass is 9.91. The normalized spacial score (nSPS) is 13.0. The number of rotatable bonds is 5. The Hall–Kier alpha value is -2.89. The molecular formula is C19H20N2O4. The molecule has 25 heavy (non-hydrogen) atoms. The van der Waals surface area contributed by atoms with Gasteiger partial charge >= 0.3 is 0 Å². The van der Waals surface area contributed by atoms with Crippen LogP contribution in [0.4, 0.5) is 11.4 Å². The number of fused-ring (bicyclic) bond motifs is 1. The smallest absolute Gasteiger partial charge is 0.271 e. The minimum atomic E-state index is -0.484. The van der Waals surface area contributed by atoms with Crippen LogP contribution in [0.25, 0.3) is 0 Å². The quantitative estimate of drug-likeness (QED) is 0.663. The van der Waals surface area contributed by atoms with Gasteiger partial charge in [0.15, 0.2) is 6.61 Å². The van der Waals surface area contributed by atoms with E-state index in [1.807, 2.05) is 12.1 Å². The van der Waals surface area contributed by atoms with Crippen LogP contribution in [0.15, 0.2) is 36.4 Å². The highest BCUT2D eigenvalue weighted by atomic mass is 16.6. The third-order valence-corrected chi connectivity index (χ3v) is 4.42. The zero-order valence-electron chi connectivity index (χ0n) is 14.1. The van der Waals surface area contributed by atoms with Crippen LogP contribution < -0.4 is 10.1 Å². The summed E-state index contributed by atoms with van der Waals surface area (Å²) in [6, 6.07) is 10.3. The molecule has 6 nitrogen and oxygen atoms in total. The van der Waals surface area contributed by atoms with Crippen LogP contribution in [0.1, 0.15) is 29.5 Å². The number of ether oxygens (including phenoxy) is 1. The SMILES string of the molecule is Cc1ccc([N+](=O)[O-])cc1NC(=O)COc1cccc2c1CCCC2. The third-order valence-electron chi connectivity index (χ3n) is 4.42. The van der Waals surface area contributed by atoms with E-state index in [4.69, 9.17) is 4.74 Å². The zero-order valence-corrected chi connectivity index (χ0v) is 14.1. The van der Waals surface area contributed by atoms with E-state index >= 15 is 0 Å². The van der Waals surface area contributed by atoms with E-state index in [1.165, 1.54) is 29.7 Å². The predicted octanol–water partition coefficient (Wildman–Crippen LogP) is 3.80. The maximum atomic E-state index is 12.2. The minimum absolute atomic E-state index is 0.0565. The van der Waals surface area contributed by atoms with Crippen molar-refractivity contribution in [1.29, 1.82) is 0 Å². The predicted molar refractivity (Wildman–Crippen MR) is 95.0 cm³/mol. The third kappa shape index (κ3) is 3.96. The molecule has 2 aromatic carbocycles. The Kier molecular flexibility index (Phi) is 4.97. The first-order chi connectivity index (χ1) is 12.0. The number of non-ortho nitro benzene ring substituents is 1. The van der Waals surface area contributed by atoms with Crippen molar-refractivity contribution in [2.45, 2.75) is 32.6 Å². The molecule has 0 heterocycles. The lowest BCUT2D eigenvalue weighted by Crippen LogP contribution is -2.21. The molecule has 0 aromatic heterocycles. The van der Waals surface area contributed by atoms with Crippen LogP contribution in [-0.2, 0) is 17.6 Å². The summed E-state index contributed by atoms with van der Waals surface area (Å²) in [5.41, 5.74) is 3.61. The second-order valence-electron chi connectivity index (χ2n) is 6.19. The number of hydrogen-bond donors (Lipinski definition) is 1. The van der Waals surface area contributed by atoms with Crippen LogP contribution in [0.2, 0.25) is 0 Å². The van der Waals surface area contributed by atoms with Crippen molar-refractivity contribution in [3.63, 3.8) is 0 Å². The average molecular weight is 340 g/mol. The Bertz CT molecular complexity index is 817. The first-order valence-electron chi connectivity index (χ1n) is 8.33. The molecule has 0 radical (unpaired) electrons. The second kappa shape index (κ2) is 7.34. The number of anilines is 1. The Labute approximate surface area is 146 Å². The number of carbonyl (C=O) groups excluding carboxylic acids is 1. The van der Waals surface area contributed by atoms with Crippen molar-refractivity contribution in [3.05, 3.63) is 63.2 Å². The summed E-state index contributed by atoms with van der Waals surface area (Å²) in [4.78, 5) is 22.6. The van der Waals surface area contributed by atoms with Crippen molar-refractivity contribution in [3.8, 4) is 5.75 Å². The van der Waals surface area contributed by atoms with Crippen molar-refractivity contribution in [2.75, 3.05) is 11.9 Å². The highest BCUT2D eigenvalue weighted by Gasteiger charge is 2.15. The summed E-state index contributed by atoms with van der Waals surface area (Å²) in [6.45, 7) is 1.66. The number of nitrogens with one attached hydrogen (secondary N) is 1. The van der Waals surface area contributed by atoms with Crippen LogP contribution in [-0.4, -0.2) is 17.4 Å². The van der Waals surface area contributed by atoms with Gasteiger partial charge in [0, 0.05) is 12.1 Å². The number of amides is 1. The van der Waals surface area contributed by atoms with E-state index < -0.39 is 4.92 Å². The van der Waals surface area contributed by atoms with Crippen LogP contribution >= 0.6 is 0 Å². The molecule has 2 aromatic rings. The van der Waals surface area contributed by atoms with E-state index in [1.54, 1.807) is 13.0 Å². The standard InChI is InChI=1S/C19H20N2O4/c1-13-9-10-15(21(23)24)11-17(13)20-19(22)12-25-18-8-4-6-14-5-2-3-7-16(14)18/h4,6,8-11H,2-3,5,7,12H2,1H3,(H,20,22). The van der Waals surface area contributed by atoms with E-state index in [-0.39, 0.29) is 18.2 Å². The van der Waals surface area contributed by atoms with Crippen molar-refractivity contribution in [2.24, 2.45) is 0 Å². The van der Waals surface area contributed by atoms with Crippen molar-refractivity contribution < 1.29 is 14.5 Å². The summed E-state index contributed by atoms with van der Waals surface area (Å²) in [7, 11) is 0. The number of nitrogens with zero attached hydrogens (tertiary/aromatic N) is 1. The molecule has 0 spiro atoms. The summed E-state index contributed by atoms with van der Waals surface area (Å²) >= 11 is 0. The number of aryl methyl sites for hydroxylation is 2. The molecule has 0 aliphatic heterocycles. The average Bonchev–Trinajstić information content (AvgIpc) is 2.61. The molecule has 0 saturated heterocycles. The van der Waals surface area contributed by atoms with Crippen LogP contribution in [0.3, 0.4) is 0 Å². The highest BCUT2D eigenvalue weighted by molar-refractivity contribution is 5.93. The van der Waals surface area contributed by atoms with Gasteiger partial charge in [0.25, 0.3) is 11.6 Å². The molecule has 3 rings (SSSR count). The lowest BCUT2D eigenvalue weighted by molar-refractivity contribution is -0.384. The molecule has 130 valence electrons. The molecule has 6 heteroatoms. The molecule has 1 amide bonds. The van der Waals surface area contributed by atoms with Crippen molar-refractivity contribution >= 4 is 17.3 Å². The molecule has 1 aliphatic rings. The lowest BCUT2D eigenvalue weighted by Gasteiger charge is -2.19. The number of hydrogen-bond acceptors (Lipinski definition) is 4. The van der Waals surface area contributed by atoms with E-state index in [2.05, 4.69) is 11.4 Å². The van der Waals surface area contributed by atoms with E-state index in [9.17, 15) is 14.9 Å². The molecule has 0 atom stereocenters. The Morgan fingerprint density at radius 3 is 2.84 bits per heavy atom. The largest absolute Gasteiger partial charge is 0.483 e. The van der Waals surface area contributed by atoms with Gasteiger partial charge in [-0.15, -0.1) is 0 Å². The maximum absolute atomic E-state index is 12.2. The molecule has 0 bridgehead atoms. The number of nitro groups is 1. The minimum Gasteiger partial charge on any atom is -0.483 e. The summed E-state index contributed by atoms with van der Waals surface area (Å²) in [6.07, 6.45) is 4.33. The monoisotopic (exact) mass is 340 g/mol. The van der Waals surface area contributed by atoms with Crippen LogP contribution in [0, 0.1) is 17.0 Å². The zero-order chi connectivity index (χ0) is 17.8. The first-order valence-corrected chi connectivity index (χ1v) is 8.33. The van der Waals surface area contributed by atoms with Gasteiger partial charge in [-0.2, -0.15) is 0 Å². The Morgan fingerprint density at radius 1 is 1.24 bits per heavy atom. The number of benzene rings is 2. The molecule has 0 fully saturated rings. The fourth-order valence-corrected chi connectivity index (χ4v) is 3.07. The van der Waals surface area contributed by atoms with E-state index in [0.717, 1.165) is 30.6 Å². The summed E-state index contributed by atoms with van der Waals surface area (Å²) < 4.78 is 5.71. The van der Waals surface area contributed by atoms with Gasteiger partial charge in [0.05, 0.1) is 10.6 Å². The topological polar surface area (TPSA) is 81.5 Å². The van der Waals surface area contributed by atoms with Gasteiger partial charge < -0.3 is 10.1 Å². The molecule has 0 saturated carbocycles. The number of nitro benzene ring substituents is 1. The molecule has 1 N–H and O–H groups in total. The highest BCUT2D eigenvalue weighted by Crippen LogP contribution is 2.29. The van der Waals surface area contributed by atoms with Crippen molar-refractivity contribution in [1.82, 2.24) is 0 Å². The molecular weight excluding hydrogens is 320 g/mol. The van der Waals surface area contributed by atoms with Gasteiger partial charge in [0.2, 0.25) is 0 Å². The number of carbonyl (C=O) groups is 1. The van der Waals surface area contributed by atoms with Gasteiger partial charge in [-0.25, -0.2) is 0 Å². The Morgan fingerprint density at radius 2 is 2.04 bits per heavy atom. The van der Waals surface area contributed by atoms with Gasteiger partial charge in [-0.05, 0) is 55.4 Å². The fourth-order valence-electron chi connectivity index (χ4n) is 3.07. The van der Waals surface area contributed by atoms with Gasteiger partial charge in [-0.1, -0.05) is 18.2 Å².